The van der Waals surface area contributed by atoms with Crippen LogP contribution in [0.15, 0.2) is 29.2 Å². The zero-order valence-corrected chi connectivity index (χ0v) is 12.0. The Bertz CT molecular complexity index is 614. The van der Waals surface area contributed by atoms with E-state index in [2.05, 4.69) is 18.0 Å². The number of ether oxygens (including phenoxy) is 1. The highest BCUT2D eigenvalue weighted by Gasteiger charge is 2.25. The highest BCUT2D eigenvalue weighted by Crippen LogP contribution is 2.37. The molecule has 2 heterocycles. The van der Waals surface area contributed by atoms with Gasteiger partial charge < -0.3 is 10.5 Å². The van der Waals surface area contributed by atoms with E-state index in [1.807, 2.05) is 36.9 Å². The van der Waals surface area contributed by atoms with Crippen molar-refractivity contribution in [2.24, 2.45) is 0 Å². The van der Waals surface area contributed by atoms with E-state index in [1.54, 1.807) is 0 Å². The number of pyridine rings is 1. The van der Waals surface area contributed by atoms with E-state index >= 15 is 0 Å². The first-order valence-electron chi connectivity index (χ1n) is 6.58. The molecule has 0 aliphatic carbocycles. The molecule has 4 heteroatoms. The first-order valence-corrected chi connectivity index (χ1v) is 7.46. The van der Waals surface area contributed by atoms with Gasteiger partial charge in [0.15, 0.2) is 0 Å². The number of benzene rings is 1. The standard InChI is InChI=1S/C15H18N2OS/c1-9-7-15(19-14-5-6-18-10(14)2)12-8-11(16)3-4-13(12)17-9/h3-4,7-8,10,14H,5-6,16H2,1-2H3. The summed E-state index contributed by atoms with van der Waals surface area (Å²) in [5.41, 5.74) is 8.76. The van der Waals surface area contributed by atoms with Gasteiger partial charge in [-0.05, 0) is 44.5 Å². The number of fused-ring (bicyclic) bond motifs is 1. The summed E-state index contributed by atoms with van der Waals surface area (Å²) in [4.78, 5) is 5.83. The number of aromatic nitrogens is 1. The van der Waals surface area contributed by atoms with Gasteiger partial charge in [-0.3, -0.25) is 4.98 Å². The van der Waals surface area contributed by atoms with Crippen LogP contribution >= 0.6 is 11.8 Å². The Morgan fingerprint density at radius 3 is 2.95 bits per heavy atom. The van der Waals surface area contributed by atoms with Gasteiger partial charge in [-0.2, -0.15) is 0 Å². The molecule has 2 N–H and O–H groups in total. The van der Waals surface area contributed by atoms with Crippen LogP contribution in [0.5, 0.6) is 0 Å². The fourth-order valence-electron chi connectivity index (χ4n) is 2.47. The van der Waals surface area contributed by atoms with E-state index in [0.29, 0.717) is 11.4 Å². The number of hydrogen-bond donors (Lipinski definition) is 1. The van der Waals surface area contributed by atoms with Crippen LogP contribution in [0.2, 0.25) is 0 Å². The molecule has 1 fully saturated rings. The summed E-state index contributed by atoms with van der Waals surface area (Å²) >= 11 is 1.89. The minimum atomic E-state index is 0.314. The van der Waals surface area contributed by atoms with Crippen LogP contribution in [0.3, 0.4) is 0 Å². The van der Waals surface area contributed by atoms with Crippen LogP contribution in [-0.2, 0) is 4.74 Å². The van der Waals surface area contributed by atoms with Gasteiger partial charge in [-0.15, -0.1) is 11.8 Å². The average Bonchev–Trinajstić information content (AvgIpc) is 2.76. The Labute approximate surface area is 117 Å². The lowest BCUT2D eigenvalue weighted by Crippen LogP contribution is -2.13. The first kappa shape index (κ1) is 12.8. The van der Waals surface area contributed by atoms with E-state index in [1.165, 1.54) is 4.90 Å². The maximum Gasteiger partial charge on any atom is 0.0717 e. The molecule has 1 aliphatic heterocycles. The highest BCUT2D eigenvalue weighted by molar-refractivity contribution is 8.00. The number of rotatable bonds is 2. The van der Waals surface area contributed by atoms with E-state index in [0.717, 1.165) is 35.3 Å². The maximum absolute atomic E-state index is 5.90. The molecular weight excluding hydrogens is 256 g/mol. The molecule has 2 aromatic rings. The molecule has 1 aliphatic rings. The van der Waals surface area contributed by atoms with Crippen molar-refractivity contribution in [1.82, 2.24) is 4.98 Å². The minimum absolute atomic E-state index is 0.314. The molecule has 3 rings (SSSR count). The van der Waals surface area contributed by atoms with Crippen LogP contribution in [-0.4, -0.2) is 22.9 Å². The van der Waals surface area contributed by atoms with Crippen molar-refractivity contribution in [3.8, 4) is 0 Å². The SMILES string of the molecule is Cc1cc(SC2CCOC2C)c2cc(N)ccc2n1. The second kappa shape index (κ2) is 5.02. The molecule has 1 aromatic heterocycles. The maximum atomic E-state index is 5.90. The lowest BCUT2D eigenvalue weighted by Gasteiger charge is -2.15. The fraction of sp³-hybridized carbons (Fsp3) is 0.400. The monoisotopic (exact) mass is 274 g/mol. The summed E-state index contributed by atoms with van der Waals surface area (Å²) < 4.78 is 5.64. The van der Waals surface area contributed by atoms with Crippen molar-refractivity contribution in [2.75, 3.05) is 12.3 Å². The Morgan fingerprint density at radius 2 is 2.21 bits per heavy atom. The van der Waals surface area contributed by atoms with E-state index in [4.69, 9.17) is 10.5 Å². The molecule has 0 amide bonds. The molecule has 100 valence electrons. The van der Waals surface area contributed by atoms with Gasteiger partial charge in [0.1, 0.15) is 0 Å². The Morgan fingerprint density at radius 1 is 1.37 bits per heavy atom. The topological polar surface area (TPSA) is 48.1 Å². The fourth-order valence-corrected chi connectivity index (χ4v) is 3.81. The summed E-state index contributed by atoms with van der Waals surface area (Å²) in [5, 5.41) is 1.67. The third-order valence-corrected chi connectivity index (χ3v) is 5.02. The molecule has 2 atom stereocenters. The second-order valence-electron chi connectivity index (χ2n) is 5.06. The summed E-state index contributed by atoms with van der Waals surface area (Å²) in [7, 11) is 0. The van der Waals surface area contributed by atoms with E-state index in [-0.39, 0.29) is 0 Å². The molecule has 0 radical (unpaired) electrons. The number of thioether (sulfide) groups is 1. The molecule has 19 heavy (non-hydrogen) atoms. The van der Waals surface area contributed by atoms with Gasteiger partial charge in [0, 0.05) is 33.5 Å². The number of nitrogens with zero attached hydrogens (tertiary/aromatic N) is 1. The molecule has 0 spiro atoms. The molecular formula is C15H18N2OS. The minimum Gasteiger partial charge on any atom is -0.399 e. The second-order valence-corrected chi connectivity index (χ2v) is 6.34. The first-order chi connectivity index (χ1) is 9.13. The molecule has 1 aromatic carbocycles. The Hall–Kier alpha value is -1.26. The van der Waals surface area contributed by atoms with Crippen LogP contribution < -0.4 is 5.73 Å². The van der Waals surface area contributed by atoms with Crippen molar-refractivity contribution in [2.45, 2.75) is 36.5 Å². The van der Waals surface area contributed by atoms with Gasteiger partial charge in [-0.1, -0.05) is 0 Å². The van der Waals surface area contributed by atoms with Crippen molar-refractivity contribution in [1.29, 1.82) is 0 Å². The molecule has 0 saturated carbocycles. The third-order valence-electron chi connectivity index (χ3n) is 3.51. The van der Waals surface area contributed by atoms with Crippen molar-refractivity contribution >= 4 is 28.4 Å². The number of nitrogens with two attached hydrogens (primary N) is 1. The van der Waals surface area contributed by atoms with E-state index < -0.39 is 0 Å². The summed E-state index contributed by atoms with van der Waals surface area (Å²) in [6, 6.07) is 8.07. The smallest absolute Gasteiger partial charge is 0.0717 e. The summed E-state index contributed by atoms with van der Waals surface area (Å²) in [5.74, 6) is 0. The number of aryl methyl sites for hydroxylation is 1. The predicted octanol–water partition coefficient (Wildman–Crippen LogP) is 3.39. The van der Waals surface area contributed by atoms with Crippen LogP contribution in [0.1, 0.15) is 19.0 Å². The molecule has 1 saturated heterocycles. The van der Waals surface area contributed by atoms with Gasteiger partial charge >= 0.3 is 0 Å². The lowest BCUT2D eigenvalue weighted by molar-refractivity contribution is 0.127. The van der Waals surface area contributed by atoms with Crippen molar-refractivity contribution < 1.29 is 4.74 Å². The van der Waals surface area contributed by atoms with Gasteiger partial charge in [0.05, 0.1) is 11.6 Å². The number of anilines is 1. The molecule has 2 unspecified atom stereocenters. The number of hydrogen-bond acceptors (Lipinski definition) is 4. The zero-order valence-electron chi connectivity index (χ0n) is 11.2. The Kier molecular flexibility index (Phi) is 3.37. The zero-order chi connectivity index (χ0) is 13.4. The quantitative estimate of drug-likeness (QED) is 0.853. The summed E-state index contributed by atoms with van der Waals surface area (Å²) in [6.07, 6.45) is 1.42. The van der Waals surface area contributed by atoms with Gasteiger partial charge in [0.2, 0.25) is 0 Å². The largest absolute Gasteiger partial charge is 0.399 e. The van der Waals surface area contributed by atoms with Gasteiger partial charge in [0.25, 0.3) is 0 Å². The number of nitrogen functional groups attached to an aromatic ring is 1. The van der Waals surface area contributed by atoms with E-state index in [9.17, 15) is 0 Å². The van der Waals surface area contributed by atoms with Crippen LogP contribution in [0.4, 0.5) is 5.69 Å². The van der Waals surface area contributed by atoms with Crippen molar-refractivity contribution in [3.63, 3.8) is 0 Å². The molecule has 3 nitrogen and oxygen atoms in total. The Balaban J connectivity index is 2.03. The van der Waals surface area contributed by atoms with Crippen LogP contribution in [0, 0.1) is 6.92 Å². The molecule has 0 bridgehead atoms. The average molecular weight is 274 g/mol. The van der Waals surface area contributed by atoms with Crippen molar-refractivity contribution in [3.05, 3.63) is 30.0 Å². The summed E-state index contributed by atoms with van der Waals surface area (Å²) in [6.45, 7) is 5.05. The lowest BCUT2D eigenvalue weighted by atomic mass is 10.2. The predicted molar refractivity (Wildman–Crippen MR) is 80.6 cm³/mol. The normalized spacial score (nSPS) is 23.1. The highest BCUT2D eigenvalue weighted by atomic mass is 32.2. The van der Waals surface area contributed by atoms with Gasteiger partial charge in [-0.25, -0.2) is 0 Å². The van der Waals surface area contributed by atoms with Crippen LogP contribution in [0.25, 0.3) is 10.9 Å². The third kappa shape index (κ3) is 2.55.